The van der Waals surface area contributed by atoms with E-state index in [2.05, 4.69) is 21.2 Å². The molecule has 0 aliphatic heterocycles. The van der Waals surface area contributed by atoms with Crippen LogP contribution in [0.3, 0.4) is 0 Å². The number of hydrogen-bond donors (Lipinski definition) is 1. The van der Waals surface area contributed by atoms with Gasteiger partial charge >= 0.3 is 0 Å². The van der Waals surface area contributed by atoms with E-state index in [1.54, 1.807) is 25.2 Å². The fourth-order valence-electron chi connectivity index (χ4n) is 2.08. The fraction of sp³-hybridized carbons (Fsp3) is 0.200. The molecule has 0 fully saturated rings. The van der Waals surface area contributed by atoms with Crippen LogP contribution in [-0.4, -0.2) is 14.2 Å². The van der Waals surface area contributed by atoms with E-state index in [0.717, 1.165) is 10.0 Å². The maximum absolute atomic E-state index is 14.2. The van der Waals surface area contributed by atoms with Crippen molar-refractivity contribution < 1.29 is 9.13 Å². The van der Waals surface area contributed by atoms with Gasteiger partial charge in [-0.25, -0.2) is 4.39 Å². The quantitative estimate of drug-likeness (QED) is 0.865. The first kappa shape index (κ1) is 15.3. The van der Waals surface area contributed by atoms with Crippen molar-refractivity contribution in [3.05, 3.63) is 62.8 Å². The van der Waals surface area contributed by atoms with Crippen LogP contribution in [0, 0.1) is 5.82 Å². The number of benzene rings is 2. The summed E-state index contributed by atoms with van der Waals surface area (Å²) < 4.78 is 20.1. The van der Waals surface area contributed by atoms with Gasteiger partial charge in [-0.3, -0.25) is 0 Å². The third kappa shape index (κ3) is 3.14. The van der Waals surface area contributed by atoms with Crippen LogP contribution in [0.5, 0.6) is 5.75 Å². The number of hydrogen-bond acceptors (Lipinski definition) is 2. The molecule has 106 valence electrons. The lowest BCUT2D eigenvalue weighted by atomic mass is 9.98. The highest BCUT2D eigenvalue weighted by Crippen LogP contribution is 2.32. The molecule has 0 spiro atoms. The van der Waals surface area contributed by atoms with Gasteiger partial charge in [0.25, 0.3) is 0 Å². The Labute approximate surface area is 131 Å². The van der Waals surface area contributed by atoms with Crippen molar-refractivity contribution in [2.75, 3.05) is 14.2 Å². The summed E-state index contributed by atoms with van der Waals surface area (Å²) in [5, 5.41) is 3.72. The van der Waals surface area contributed by atoms with Gasteiger partial charge in [0.05, 0.1) is 13.2 Å². The Morgan fingerprint density at radius 2 is 1.95 bits per heavy atom. The predicted octanol–water partition coefficient (Wildman–Crippen LogP) is 4.56. The van der Waals surface area contributed by atoms with Gasteiger partial charge in [0.15, 0.2) is 0 Å². The predicted molar refractivity (Wildman–Crippen MR) is 83.0 cm³/mol. The zero-order chi connectivity index (χ0) is 14.7. The zero-order valence-corrected chi connectivity index (χ0v) is 13.4. The summed E-state index contributed by atoms with van der Waals surface area (Å²) in [6, 6.07) is 9.97. The van der Waals surface area contributed by atoms with Crippen molar-refractivity contribution in [3.8, 4) is 5.75 Å². The largest absolute Gasteiger partial charge is 0.497 e. The van der Waals surface area contributed by atoms with Gasteiger partial charge in [0.1, 0.15) is 11.6 Å². The van der Waals surface area contributed by atoms with Gasteiger partial charge in [-0.15, -0.1) is 0 Å². The normalized spacial score (nSPS) is 12.2. The van der Waals surface area contributed by atoms with E-state index in [4.69, 9.17) is 16.3 Å². The molecular weight excluding hydrogens is 345 g/mol. The molecular formula is C15H14BrClFNO. The van der Waals surface area contributed by atoms with E-state index in [1.165, 1.54) is 13.2 Å². The minimum atomic E-state index is -0.324. The zero-order valence-electron chi connectivity index (χ0n) is 11.1. The number of methoxy groups -OCH3 is 1. The minimum absolute atomic E-state index is 0.297. The maximum Gasteiger partial charge on any atom is 0.132 e. The number of ether oxygens (including phenoxy) is 1. The molecule has 0 aliphatic carbocycles. The highest BCUT2D eigenvalue weighted by molar-refractivity contribution is 9.10. The molecule has 0 radical (unpaired) electrons. The highest BCUT2D eigenvalue weighted by Gasteiger charge is 2.19. The third-order valence-corrected chi connectivity index (χ3v) is 4.03. The first-order chi connectivity index (χ1) is 9.56. The van der Waals surface area contributed by atoms with Crippen molar-refractivity contribution >= 4 is 27.5 Å². The van der Waals surface area contributed by atoms with Crippen molar-refractivity contribution in [1.82, 2.24) is 5.32 Å². The standard InChI is InChI=1S/C15H14BrClFNO/c1-19-15(12-7-9(17)3-6-13(12)16)11-5-4-10(20-2)8-14(11)18/h3-8,15,19H,1-2H3. The minimum Gasteiger partial charge on any atom is -0.497 e. The molecule has 0 bridgehead atoms. The summed E-state index contributed by atoms with van der Waals surface area (Å²) in [7, 11) is 3.29. The molecule has 0 aliphatic rings. The summed E-state index contributed by atoms with van der Waals surface area (Å²) in [5.41, 5.74) is 1.42. The molecule has 0 aromatic heterocycles. The third-order valence-electron chi connectivity index (χ3n) is 3.08. The molecule has 2 nitrogen and oxygen atoms in total. The summed E-state index contributed by atoms with van der Waals surface area (Å²) in [4.78, 5) is 0. The Hall–Kier alpha value is -1.10. The first-order valence-corrected chi connectivity index (χ1v) is 7.19. The molecule has 2 rings (SSSR count). The monoisotopic (exact) mass is 357 g/mol. The number of nitrogens with one attached hydrogen (secondary N) is 1. The summed E-state index contributed by atoms with van der Waals surface area (Å²) in [6.45, 7) is 0. The highest BCUT2D eigenvalue weighted by atomic mass is 79.9. The lowest BCUT2D eigenvalue weighted by Crippen LogP contribution is -2.19. The molecule has 0 heterocycles. The van der Waals surface area contributed by atoms with E-state index in [9.17, 15) is 4.39 Å². The lowest BCUT2D eigenvalue weighted by Gasteiger charge is -2.20. The van der Waals surface area contributed by atoms with Crippen LogP contribution in [0.4, 0.5) is 4.39 Å². The molecule has 0 saturated carbocycles. The lowest BCUT2D eigenvalue weighted by molar-refractivity contribution is 0.410. The topological polar surface area (TPSA) is 21.3 Å². The Morgan fingerprint density at radius 1 is 1.20 bits per heavy atom. The van der Waals surface area contributed by atoms with Crippen LogP contribution < -0.4 is 10.1 Å². The molecule has 20 heavy (non-hydrogen) atoms. The van der Waals surface area contributed by atoms with Gasteiger partial charge in [0, 0.05) is 21.1 Å². The van der Waals surface area contributed by atoms with Crippen LogP contribution in [-0.2, 0) is 0 Å². The molecule has 1 unspecified atom stereocenters. The van der Waals surface area contributed by atoms with Crippen LogP contribution in [0.25, 0.3) is 0 Å². The number of rotatable bonds is 4. The first-order valence-electron chi connectivity index (χ1n) is 6.02. The van der Waals surface area contributed by atoms with E-state index >= 15 is 0 Å². The molecule has 1 N–H and O–H groups in total. The van der Waals surface area contributed by atoms with Gasteiger partial charge in [-0.2, -0.15) is 0 Å². The molecule has 0 saturated heterocycles. The van der Waals surface area contributed by atoms with Crippen molar-refractivity contribution in [3.63, 3.8) is 0 Å². The van der Waals surface area contributed by atoms with E-state index in [1.807, 2.05) is 12.1 Å². The van der Waals surface area contributed by atoms with Crippen molar-refractivity contribution in [2.45, 2.75) is 6.04 Å². The SMILES string of the molecule is CNC(c1ccc(OC)cc1F)c1cc(Cl)ccc1Br. The smallest absolute Gasteiger partial charge is 0.132 e. The van der Waals surface area contributed by atoms with Gasteiger partial charge in [-0.05, 0) is 36.9 Å². The van der Waals surface area contributed by atoms with E-state index < -0.39 is 0 Å². The molecule has 2 aromatic carbocycles. The van der Waals surface area contributed by atoms with Gasteiger partial charge in [-0.1, -0.05) is 33.6 Å². The van der Waals surface area contributed by atoms with Crippen LogP contribution in [0.1, 0.15) is 17.2 Å². The summed E-state index contributed by atoms with van der Waals surface area (Å²) in [5.74, 6) is 0.168. The van der Waals surface area contributed by atoms with E-state index in [0.29, 0.717) is 16.3 Å². The van der Waals surface area contributed by atoms with Crippen LogP contribution >= 0.6 is 27.5 Å². The molecule has 0 amide bonds. The van der Waals surface area contributed by atoms with Gasteiger partial charge in [0.2, 0.25) is 0 Å². The van der Waals surface area contributed by atoms with Gasteiger partial charge < -0.3 is 10.1 Å². The molecule has 2 aromatic rings. The van der Waals surface area contributed by atoms with Crippen molar-refractivity contribution in [2.24, 2.45) is 0 Å². The van der Waals surface area contributed by atoms with E-state index in [-0.39, 0.29) is 11.9 Å². The van der Waals surface area contributed by atoms with Crippen molar-refractivity contribution in [1.29, 1.82) is 0 Å². The summed E-state index contributed by atoms with van der Waals surface area (Å²) >= 11 is 9.51. The maximum atomic E-state index is 14.2. The second-order valence-electron chi connectivity index (χ2n) is 4.27. The fourth-order valence-corrected chi connectivity index (χ4v) is 2.74. The van der Waals surface area contributed by atoms with Crippen LogP contribution in [0.15, 0.2) is 40.9 Å². The Bertz CT molecular complexity index is 621. The molecule has 5 heteroatoms. The summed E-state index contributed by atoms with van der Waals surface area (Å²) in [6.07, 6.45) is 0. The average Bonchev–Trinajstić information content (AvgIpc) is 2.44. The Kier molecular flexibility index (Phi) is 5.02. The molecule has 1 atom stereocenters. The Balaban J connectivity index is 2.49. The number of halogens is 3. The second kappa shape index (κ2) is 6.57. The average molecular weight is 359 g/mol. The Morgan fingerprint density at radius 3 is 2.55 bits per heavy atom. The second-order valence-corrected chi connectivity index (χ2v) is 5.57. The van der Waals surface area contributed by atoms with Crippen LogP contribution in [0.2, 0.25) is 5.02 Å².